The van der Waals surface area contributed by atoms with E-state index < -0.39 is 18.5 Å². The van der Waals surface area contributed by atoms with Gasteiger partial charge in [0.05, 0.1) is 0 Å². The van der Waals surface area contributed by atoms with E-state index in [-0.39, 0.29) is 65.4 Å². The molecule has 14 heavy (non-hydrogen) atoms. The molecule has 0 aromatic carbocycles. The monoisotopic (exact) mass is 358 g/mol. The van der Waals surface area contributed by atoms with E-state index in [1.54, 1.807) is 0 Å². The second-order valence-electron chi connectivity index (χ2n) is 0.750. The van der Waals surface area contributed by atoms with Gasteiger partial charge in [0, 0.05) is 0 Å². The summed E-state index contributed by atoms with van der Waals surface area (Å²) in [5.74, 6) is 0. The number of carboxylic acid groups (broad SMARTS) is 6. The summed E-state index contributed by atoms with van der Waals surface area (Å²) < 4.78 is 0. The Labute approximate surface area is 127 Å². The first-order valence-electron chi connectivity index (χ1n) is 1.84. The van der Waals surface area contributed by atoms with Gasteiger partial charge in [-0.2, -0.15) is 0 Å². The van der Waals surface area contributed by atoms with E-state index in [1.165, 1.54) is 0 Å². The Morgan fingerprint density at radius 2 is 0.500 bits per heavy atom. The molecule has 0 saturated carbocycles. The molecule has 0 N–H and O–H groups in total. The van der Waals surface area contributed by atoms with Gasteiger partial charge in [0.25, 0.3) is 0 Å². The Balaban J connectivity index is -0.0000000270. The smallest absolute Gasteiger partial charge is 0.652 e. The van der Waals surface area contributed by atoms with Crippen LogP contribution in [0.1, 0.15) is 0 Å². The molecule has 0 spiro atoms. The Hall–Kier alpha value is 0.0178. The number of hydrogen-bond acceptors (Lipinski definition) is 9. The molecule has 0 rings (SSSR count). The van der Waals surface area contributed by atoms with Crippen molar-refractivity contribution in [2.24, 2.45) is 0 Å². The molecule has 9 nitrogen and oxygen atoms in total. The predicted octanol–water partition coefficient (Wildman–Crippen LogP) is -7.35. The maximum Gasteiger partial charge on any atom is 3.00 e. The average Bonchev–Trinajstić information content (AvgIpc) is 1.54. The van der Waals surface area contributed by atoms with Crippen LogP contribution in [0.15, 0.2) is 0 Å². The summed E-state index contributed by atoms with van der Waals surface area (Å²) in [5.41, 5.74) is 0. The molecule has 72 valence electrons. The van der Waals surface area contributed by atoms with Crippen molar-refractivity contribution < 1.29 is 110 Å². The minimum Gasteiger partial charge on any atom is -0.652 e. The Bertz CT molecular complexity index is 116. The SMILES string of the molecule is O=C([O-])[O-].O=C([O-])[O-].O=C([O-])[O-].[Y+3].[Y+3]. The summed E-state index contributed by atoms with van der Waals surface area (Å²) in [7, 11) is 0. The molecule has 0 amide bonds. The van der Waals surface area contributed by atoms with Crippen LogP contribution in [-0.2, 0) is 65.4 Å². The number of carbonyl (C=O) groups excluding carboxylic acids is 3. The molecule has 0 fully saturated rings. The van der Waals surface area contributed by atoms with Gasteiger partial charge in [-0.05, 0) is 18.5 Å². The fraction of sp³-hybridized carbons (Fsp3) is 0. The van der Waals surface area contributed by atoms with Gasteiger partial charge >= 0.3 is 65.4 Å². The zero-order valence-corrected chi connectivity index (χ0v) is 12.0. The second kappa shape index (κ2) is 23.1. The first-order chi connectivity index (χ1) is 5.20. The summed E-state index contributed by atoms with van der Waals surface area (Å²) in [5, 5.41) is 50.0. The van der Waals surface area contributed by atoms with Gasteiger partial charge in [-0.3, -0.25) is 0 Å². The zero-order valence-electron chi connectivity index (χ0n) is 6.33. The second-order valence-corrected chi connectivity index (χ2v) is 0.750. The van der Waals surface area contributed by atoms with E-state index in [9.17, 15) is 0 Å². The van der Waals surface area contributed by atoms with Crippen molar-refractivity contribution in [1.82, 2.24) is 0 Å². The Morgan fingerprint density at radius 3 is 0.500 bits per heavy atom. The molecule has 0 aromatic rings. The first-order valence-corrected chi connectivity index (χ1v) is 1.84. The molecular formula is C3O9Y2. The molecule has 0 atom stereocenters. The first kappa shape index (κ1) is 29.2. The van der Waals surface area contributed by atoms with Crippen LogP contribution in [0.2, 0.25) is 0 Å². The third-order valence-corrected chi connectivity index (χ3v) is 0. The topological polar surface area (TPSA) is 190 Å². The molecule has 0 bridgehead atoms. The van der Waals surface area contributed by atoms with Crippen molar-refractivity contribution in [2.45, 2.75) is 0 Å². The fourth-order valence-electron chi connectivity index (χ4n) is 0. The Kier molecular flexibility index (Phi) is 48.2. The molecule has 0 heterocycles. The Morgan fingerprint density at radius 1 is 0.500 bits per heavy atom. The van der Waals surface area contributed by atoms with Gasteiger partial charge in [0.15, 0.2) is 0 Å². The van der Waals surface area contributed by atoms with E-state index in [1.807, 2.05) is 0 Å². The van der Waals surface area contributed by atoms with E-state index in [0.29, 0.717) is 0 Å². The molecule has 0 aromatic heterocycles. The quantitative estimate of drug-likeness (QED) is 0.405. The van der Waals surface area contributed by atoms with Crippen molar-refractivity contribution in [3.05, 3.63) is 0 Å². The van der Waals surface area contributed by atoms with Gasteiger partial charge in [0.1, 0.15) is 0 Å². The normalized spacial score (nSPS) is 5.14. The van der Waals surface area contributed by atoms with Crippen LogP contribution < -0.4 is 30.6 Å². The van der Waals surface area contributed by atoms with Crippen LogP contribution in [0.5, 0.6) is 0 Å². The van der Waals surface area contributed by atoms with Gasteiger partial charge in [-0.15, -0.1) is 0 Å². The maximum atomic E-state index is 8.33. The maximum absolute atomic E-state index is 8.33. The number of hydrogen-bond donors (Lipinski definition) is 0. The summed E-state index contributed by atoms with van der Waals surface area (Å²) in [6.07, 6.45) is -7.00. The van der Waals surface area contributed by atoms with Crippen LogP contribution in [0, 0.1) is 0 Å². The third-order valence-electron chi connectivity index (χ3n) is 0. The van der Waals surface area contributed by atoms with E-state index in [2.05, 4.69) is 0 Å². The van der Waals surface area contributed by atoms with Crippen molar-refractivity contribution in [1.29, 1.82) is 0 Å². The van der Waals surface area contributed by atoms with Crippen LogP contribution in [0.3, 0.4) is 0 Å². The molecule has 11 heteroatoms. The number of rotatable bonds is 0. The zero-order chi connectivity index (χ0) is 10.7. The third kappa shape index (κ3) is 4610000. The summed E-state index contributed by atoms with van der Waals surface area (Å²) >= 11 is 0. The van der Waals surface area contributed by atoms with Crippen molar-refractivity contribution >= 4 is 18.5 Å². The van der Waals surface area contributed by atoms with Crippen LogP contribution >= 0.6 is 0 Å². The van der Waals surface area contributed by atoms with Crippen molar-refractivity contribution in [3.8, 4) is 0 Å². The fourth-order valence-corrected chi connectivity index (χ4v) is 0. The number of carbonyl (C=O) groups is 3. The van der Waals surface area contributed by atoms with Crippen LogP contribution in [0.25, 0.3) is 0 Å². The molecular weight excluding hydrogens is 358 g/mol. The minimum absolute atomic E-state index is 0. The molecule has 0 aliphatic carbocycles. The molecule has 0 aliphatic rings. The molecule has 0 unspecified atom stereocenters. The molecule has 0 radical (unpaired) electrons. The molecule has 0 saturated heterocycles. The van der Waals surface area contributed by atoms with Crippen molar-refractivity contribution in [3.63, 3.8) is 0 Å². The van der Waals surface area contributed by atoms with E-state index in [4.69, 9.17) is 45.0 Å². The largest absolute Gasteiger partial charge is 3.00 e. The summed E-state index contributed by atoms with van der Waals surface area (Å²) in [4.78, 5) is 25.0. The standard InChI is InChI=1S/3CH2O3.2Y/c3*2-1(3)4;;/h3*(H2,2,3,4);;/q;;;2*+3/p-6. The van der Waals surface area contributed by atoms with E-state index in [0.717, 1.165) is 0 Å². The van der Waals surface area contributed by atoms with Gasteiger partial charge in [-0.1, -0.05) is 0 Å². The van der Waals surface area contributed by atoms with Crippen LogP contribution in [-0.4, -0.2) is 18.5 Å². The van der Waals surface area contributed by atoms with E-state index >= 15 is 0 Å². The van der Waals surface area contributed by atoms with Gasteiger partial charge in [-0.25, -0.2) is 0 Å². The average molecular weight is 358 g/mol. The van der Waals surface area contributed by atoms with Gasteiger partial charge in [0.2, 0.25) is 0 Å². The minimum atomic E-state index is -2.33. The van der Waals surface area contributed by atoms with Crippen LogP contribution in [0.4, 0.5) is 14.4 Å². The summed E-state index contributed by atoms with van der Waals surface area (Å²) in [6.45, 7) is 0. The molecule has 0 aliphatic heterocycles. The summed E-state index contributed by atoms with van der Waals surface area (Å²) in [6, 6.07) is 0. The van der Waals surface area contributed by atoms with Gasteiger partial charge < -0.3 is 45.0 Å². The predicted molar refractivity (Wildman–Crippen MR) is 16.2 cm³/mol. The van der Waals surface area contributed by atoms with Crippen molar-refractivity contribution in [2.75, 3.05) is 0 Å².